The van der Waals surface area contributed by atoms with Gasteiger partial charge in [-0.2, -0.15) is 0 Å². The summed E-state index contributed by atoms with van der Waals surface area (Å²) in [6.45, 7) is 0.535. The van der Waals surface area contributed by atoms with Crippen molar-refractivity contribution in [3.8, 4) is 0 Å². The lowest BCUT2D eigenvalue weighted by Gasteiger charge is -2.08. The van der Waals surface area contributed by atoms with Crippen molar-refractivity contribution in [2.24, 2.45) is 0 Å². The number of ether oxygens (including phenoxy) is 1. The zero-order valence-electron chi connectivity index (χ0n) is 10.7. The number of carbonyl (C=O) groups is 1. The normalized spacial score (nSPS) is 10.2. The van der Waals surface area contributed by atoms with E-state index in [2.05, 4.69) is 5.32 Å². The van der Waals surface area contributed by atoms with E-state index < -0.39 is 0 Å². The van der Waals surface area contributed by atoms with Crippen LogP contribution < -0.4 is 11.1 Å². The van der Waals surface area contributed by atoms with E-state index in [1.165, 1.54) is 0 Å². The van der Waals surface area contributed by atoms with Crippen LogP contribution >= 0.6 is 0 Å². The lowest BCUT2D eigenvalue weighted by Crippen LogP contribution is -2.13. The Morgan fingerprint density at radius 2 is 1.84 bits per heavy atom. The molecular formula is C15H16N2O2. The lowest BCUT2D eigenvalue weighted by atomic mass is 10.1. The summed E-state index contributed by atoms with van der Waals surface area (Å²) in [6.07, 6.45) is 0. The standard InChI is InChI=1S/C15H16N2O2/c1-19-10-11-6-8-12(9-7-11)15(18)17-14-5-3-2-4-13(14)16/h2-9H,10,16H2,1H3,(H,17,18). The van der Waals surface area contributed by atoms with Gasteiger partial charge in [0.25, 0.3) is 5.91 Å². The van der Waals surface area contributed by atoms with Gasteiger partial charge >= 0.3 is 0 Å². The number of hydrogen-bond donors (Lipinski definition) is 2. The van der Waals surface area contributed by atoms with Crippen molar-refractivity contribution in [2.45, 2.75) is 6.61 Å². The predicted molar refractivity (Wildman–Crippen MR) is 76.0 cm³/mol. The molecule has 0 fully saturated rings. The van der Waals surface area contributed by atoms with Gasteiger partial charge in [-0.25, -0.2) is 0 Å². The van der Waals surface area contributed by atoms with Gasteiger partial charge in [-0.05, 0) is 29.8 Å². The van der Waals surface area contributed by atoms with Gasteiger partial charge in [-0.3, -0.25) is 4.79 Å². The van der Waals surface area contributed by atoms with Crippen molar-refractivity contribution in [3.05, 3.63) is 59.7 Å². The van der Waals surface area contributed by atoms with Crippen LogP contribution in [0.15, 0.2) is 48.5 Å². The minimum atomic E-state index is -0.179. The highest BCUT2D eigenvalue weighted by molar-refractivity contribution is 6.05. The first kappa shape index (κ1) is 13.1. The van der Waals surface area contributed by atoms with Crippen LogP contribution in [0.3, 0.4) is 0 Å². The average molecular weight is 256 g/mol. The molecule has 4 heteroatoms. The molecule has 3 N–H and O–H groups in total. The van der Waals surface area contributed by atoms with Crippen LogP contribution in [0, 0.1) is 0 Å². The first-order valence-corrected chi connectivity index (χ1v) is 5.94. The molecule has 98 valence electrons. The monoisotopic (exact) mass is 256 g/mol. The van der Waals surface area contributed by atoms with Crippen LogP contribution in [0.1, 0.15) is 15.9 Å². The fourth-order valence-electron chi connectivity index (χ4n) is 1.72. The molecule has 0 aliphatic carbocycles. The van der Waals surface area contributed by atoms with Crippen LogP contribution in [-0.2, 0) is 11.3 Å². The Morgan fingerprint density at radius 1 is 1.16 bits per heavy atom. The number of nitrogens with two attached hydrogens (primary N) is 1. The molecular weight excluding hydrogens is 240 g/mol. The highest BCUT2D eigenvalue weighted by Gasteiger charge is 2.07. The van der Waals surface area contributed by atoms with E-state index in [0.717, 1.165) is 5.56 Å². The molecule has 19 heavy (non-hydrogen) atoms. The summed E-state index contributed by atoms with van der Waals surface area (Å²) in [5, 5.41) is 2.78. The van der Waals surface area contributed by atoms with E-state index >= 15 is 0 Å². The van der Waals surface area contributed by atoms with Gasteiger partial charge in [0.15, 0.2) is 0 Å². The van der Waals surface area contributed by atoms with E-state index in [1.54, 1.807) is 31.4 Å². The fourth-order valence-corrected chi connectivity index (χ4v) is 1.72. The number of rotatable bonds is 4. The van der Waals surface area contributed by atoms with Crippen LogP contribution in [0.4, 0.5) is 11.4 Å². The Balaban J connectivity index is 2.10. The molecule has 2 aromatic rings. The Kier molecular flexibility index (Phi) is 4.15. The van der Waals surface area contributed by atoms with Crippen LogP contribution in [0.25, 0.3) is 0 Å². The molecule has 0 aromatic heterocycles. The number of benzene rings is 2. The maximum Gasteiger partial charge on any atom is 0.255 e. The molecule has 0 radical (unpaired) electrons. The Morgan fingerprint density at radius 3 is 2.47 bits per heavy atom. The summed E-state index contributed by atoms with van der Waals surface area (Å²) < 4.78 is 5.02. The summed E-state index contributed by atoms with van der Waals surface area (Å²) in [7, 11) is 1.64. The molecule has 0 heterocycles. The minimum absolute atomic E-state index is 0.179. The number of hydrogen-bond acceptors (Lipinski definition) is 3. The van der Waals surface area contributed by atoms with Crippen molar-refractivity contribution >= 4 is 17.3 Å². The SMILES string of the molecule is COCc1ccc(C(=O)Nc2ccccc2N)cc1. The zero-order valence-corrected chi connectivity index (χ0v) is 10.7. The van der Waals surface area contributed by atoms with Crippen LogP contribution in [0.5, 0.6) is 0 Å². The molecule has 0 aliphatic rings. The number of carbonyl (C=O) groups excluding carboxylic acids is 1. The third kappa shape index (κ3) is 3.33. The first-order chi connectivity index (χ1) is 9.20. The van der Waals surface area contributed by atoms with E-state index in [-0.39, 0.29) is 5.91 Å². The number of nitrogen functional groups attached to an aromatic ring is 1. The quantitative estimate of drug-likeness (QED) is 0.826. The number of amides is 1. The molecule has 2 rings (SSSR count). The zero-order chi connectivity index (χ0) is 13.7. The molecule has 0 bridgehead atoms. The average Bonchev–Trinajstić information content (AvgIpc) is 2.42. The molecule has 2 aromatic carbocycles. The van der Waals surface area contributed by atoms with Gasteiger partial charge in [-0.15, -0.1) is 0 Å². The molecule has 0 unspecified atom stereocenters. The Bertz CT molecular complexity index is 565. The van der Waals surface area contributed by atoms with Crippen molar-refractivity contribution < 1.29 is 9.53 Å². The van der Waals surface area contributed by atoms with Gasteiger partial charge in [0, 0.05) is 12.7 Å². The van der Waals surface area contributed by atoms with Crippen molar-refractivity contribution in [1.29, 1.82) is 0 Å². The van der Waals surface area contributed by atoms with Crippen LogP contribution in [0.2, 0.25) is 0 Å². The van der Waals surface area contributed by atoms with Crippen molar-refractivity contribution in [2.75, 3.05) is 18.2 Å². The van der Waals surface area contributed by atoms with E-state index in [4.69, 9.17) is 10.5 Å². The molecule has 0 atom stereocenters. The first-order valence-electron chi connectivity index (χ1n) is 5.94. The highest BCUT2D eigenvalue weighted by Crippen LogP contribution is 2.18. The molecule has 0 saturated carbocycles. The summed E-state index contributed by atoms with van der Waals surface area (Å²) in [6, 6.07) is 14.4. The van der Waals surface area contributed by atoms with Gasteiger partial charge in [0.1, 0.15) is 0 Å². The Hall–Kier alpha value is -2.33. The second-order valence-electron chi connectivity index (χ2n) is 4.17. The van der Waals surface area contributed by atoms with E-state index in [0.29, 0.717) is 23.5 Å². The molecule has 0 spiro atoms. The predicted octanol–water partition coefficient (Wildman–Crippen LogP) is 2.67. The van der Waals surface area contributed by atoms with Crippen LogP contribution in [-0.4, -0.2) is 13.0 Å². The lowest BCUT2D eigenvalue weighted by molar-refractivity contribution is 0.102. The second-order valence-corrected chi connectivity index (χ2v) is 4.17. The smallest absolute Gasteiger partial charge is 0.255 e. The number of methoxy groups -OCH3 is 1. The maximum absolute atomic E-state index is 12.0. The summed E-state index contributed by atoms with van der Waals surface area (Å²) in [4.78, 5) is 12.0. The highest BCUT2D eigenvalue weighted by atomic mass is 16.5. The summed E-state index contributed by atoms with van der Waals surface area (Å²) in [5.41, 5.74) is 8.56. The van der Waals surface area contributed by atoms with Gasteiger partial charge in [-0.1, -0.05) is 24.3 Å². The van der Waals surface area contributed by atoms with Crippen molar-refractivity contribution in [1.82, 2.24) is 0 Å². The van der Waals surface area contributed by atoms with Gasteiger partial charge < -0.3 is 15.8 Å². The summed E-state index contributed by atoms with van der Waals surface area (Å²) in [5.74, 6) is -0.179. The molecule has 4 nitrogen and oxygen atoms in total. The molecule has 1 amide bonds. The Labute approximate surface area is 112 Å². The number of anilines is 2. The maximum atomic E-state index is 12.0. The third-order valence-corrected chi connectivity index (χ3v) is 2.74. The van der Waals surface area contributed by atoms with Crippen molar-refractivity contribution in [3.63, 3.8) is 0 Å². The number of nitrogens with one attached hydrogen (secondary N) is 1. The van der Waals surface area contributed by atoms with E-state index in [1.807, 2.05) is 24.3 Å². The van der Waals surface area contributed by atoms with Gasteiger partial charge in [0.2, 0.25) is 0 Å². The topological polar surface area (TPSA) is 64.3 Å². The number of para-hydroxylation sites is 2. The molecule has 0 aliphatic heterocycles. The third-order valence-electron chi connectivity index (χ3n) is 2.74. The minimum Gasteiger partial charge on any atom is -0.397 e. The van der Waals surface area contributed by atoms with Gasteiger partial charge in [0.05, 0.1) is 18.0 Å². The summed E-state index contributed by atoms with van der Waals surface area (Å²) >= 11 is 0. The molecule has 0 saturated heterocycles. The second kappa shape index (κ2) is 6.02. The van der Waals surface area contributed by atoms with E-state index in [9.17, 15) is 4.79 Å². The fraction of sp³-hybridized carbons (Fsp3) is 0.133. The largest absolute Gasteiger partial charge is 0.397 e.